The van der Waals surface area contributed by atoms with Gasteiger partial charge in [0.15, 0.2) is 6.54 Å². The van der Waals surface area contributed by atoms with Gasteiger partial charge >= 0.3 is 0 Å². The highest BCUT2D eigenvalue weighted by Crippen LogP contribution is 2.25. The summed E-state index contributed by atoms with van der Waals surface area (Å²) in [5.41, 5.74) is 0.879. The molecular formula is C20H26N3O2S+. The minimum absolute atomic E-state index is 0.171. The molecule has 1 aliphatic heterocycles. The fourth-order valence-electron chi connectivity index (χ4n) is 3.30. The number of phenolic OH excluding ortho intramolecular Hbond substituents is 1. The molecule has 0 aliphatic carbocycles. The predicted molar refractivity (Wildman–Crippen MR) is 106 cm³/mol. The maximum atomic E-state index is 12.7. The number of anilines is 1. The number of carbonyl (C=O) groups is 1. The summed E-state index contributed by atoms with van der Waals surface area (Å²) in [5.74, 6) is 0.490. The van der Waals surface area contributed by atoms with Crippen molar-refractivity contribution in [2.45, 2.75) is 6.54 Å². The van der Waals surface area contributed by atoms with Gasteiger partial charge in [0.2, 0.25) is 0 Å². The summed E-state index contributed by atoms with van der Waals surface area (Å²) in [6, 6.07) is 11.5. The number of carbonyl (C=O) groups excluding carboxylic acids is 1. The van der Waals surface area contributed by atoms with E-state index in [-0.39, 0.29) is 5.91 Å². The zero-order chi connectivity index (χ0) is 18.4. The first-order valence-electron chi connectivity index (χ1n) is 8.95. The number of rotatable bonds is 7. The van der Waals surface area contributed by atoms with Gasteiger partial charge in [0.1, 0.15) is 5.75 Å². The SMILES string of the molecule is C=CCN(Cc1cccs1)C(=O)C[NH+]1CCN(c2ccccc2O)CC1. The highest BCUT2D eigenvalue weighted by atomic mass is 32.1. The Morgan fingerprint density at radius 1 is 1.27 bits per heavy atom. The van der Waals surface area contributed by atoms with Crippen LogP contribution in [0.15, 0.2) is 54.4 Å². The molecule has 0 radical (unpaired) electrons. The lowest BCUT2D eigenvalue weighted by Gasteiger charge is -2.34. The average molecular weight is 373 g/mol. The molecule has 1 fully saturated rings. The Bertz CT molecular complexity index is 724. The van der Waals surface area contributed by atoms with Crippen LogP contribution >= 0.6 is 11.3 Å². The Hall–Kier alpha value is -2.31. The number of benzene rings is 1. The fourth-order valence-corrected chi connectivity index (χ4v) is 4.02. The van der Waals surface area contributed by atoms with Gasteiger partial charge in [-0.25, -0.2) is 0 Å². The van der Waals surface area contributed by atoms with E-state index in [9.17, 15) is 9.90 Å². The second-order valence-electron chi connectivity index (χ2n) is 6.54. The number of para-hydroxylation sites is 2. The van der Waals surface area contributed by atoms with E-state index in [0.717, 1.165) is 31.9 Å². The topological polar surface area (TPSA) is 48.2 Å². The van der Waals surface area contributed by atoms with Crippen LogP contribution in [0.2, 0.25) is 0 Å². The highest BCUT2D eigenvalue weighted by Gasteiger charge is 2.25. The van der Waals surface area contributed by atoms with Crippen molar-refractivity contribution in [3.05, 3.63) is 59.3 Å². The number of aromatic hydroxyl groups is 1. The van der Waals surface area contributed by atoms with Crippen LogP contribution < -0.4 is 9.80 Å². The van der Waals surface area contributed by atoms with Crippen molar-refractivity contribution in [1.82, 2.24) is 4.90 Å². The van der Waals surface area contributed by atoms with Crippen LogP contribution in [0.1, 0.15) is 4.88 Å². The number of piperazine rings is 1. The molecule has 2 heterocycles. The number of nitrogens with one attached hydrogen (secondary N) is 1. The first-order chi connectivity index (χ1) is 12.7. The van der Waals surface area contributed by atoms with Gasteiger partial charge in [-0.05, 0) is 23.6 Å². The van der Waals surface area contributed by atoms with Crippen LogP contribution in [0.5, 0.6) is 5.75 Å². The van der Waals surface area contributed by atoms with Crippen molar-refractivity contribution in [2.75, 3.05) is 44.2 Å². The van der Waals surface area contributed by atoms with Gasteiger partial charge in [-0.1, -0.05) is 24.3 Å². The molecule has 138 valence electrons. The third kappa shape index (κ3) is 4.65. The Balaban J connectivity index is 1.53. The molecule has 1 aliphatic rings. The number of hydrogen-bond acceptors (Lipinski definition) is 4. The smallest absolute Gasteiger partial charge is 0.278 e. The van der Waals surface area contributed by atoms with E-state index in [1.165, 1.54) is 9.78 Å². The quantitative estimate of drug-likeness (QED) is 0.722. The van der Waals surface area contributed by atoms with Gasteiger partial charge in [-0.15, -0.1) is 17.9 Å². The van der Waals surface area contributed by atoms with Crippen molar-refractivity contribution in [2.24, 2.45) is 0 Å². The number of amides is 1. The second kappa shape index (κ2) is 8.87. The van der Waals surface area contributed by atoms with E-state index in [0.29, 0.717) is 25.4 Å². The molecule has 1 saturated heterocycles. The standard InChI is InChI=1S/C20H25N3O2S/c1-2-9-23(15-17-6-5-14-26-17)20(25)16-21-10-12-22(13-11-21)18-7-3-4-8-19(18)24/h2-8,14,24H,1,9-13,15-16H2/p+1. The maximum absolute atomic E-state index is 12.7. The van der Waals surface area contributed by atoms with Crippen molar-refractivity contribution in [1.29, 1.82) is 0 Å². The van der Waals surface area contributed by atoms with Gasteiger partial charge in [0.25, 0.3) is 5.91 Å². The minimum atomic E-state index is 0.171. The number of phenols is 1. The maximum Gasteiger partial charge on any atom is 0.278 e. The van der Waals surface area contributed by atoms with Gasteiger partial charge in [0.05, 0.1) is 38.4 Å². The summed E-state index contributed by atoms with van der Waals surface area (Å²) in [6.07, 6.45) is 1.79. The van der Waals surface area contributed by atoms with E-state index >= 15 is 0 Å². The number of quaternary nitrogens is 1. The van der Waals surface area contributed by atoms with Crippen LogP contribution in [0, 0.1) is 0 Å². The molecule has 1 aromatic heterocycles. The highest BCUT2D eigenvalue weighted by molar-refractivity contribution is 7.09. The molecule has 6 heteroatoms. The largest absolute Gasteiger partial charge is 0.506 e. The first-order valence-corrected chi connectivity index (χ1v) is 9.83. The third-order valence-electron chi connectivity index (χ3n) is 4.72. The van der Waals surface area contributed by atoms with E-state index in [1.54, 1.807) is 23.5 Å². The molecule has 0 spiro atoms. The summed E-state index contributed by atoms with van der Waals surface area (Å²) in [7, 11) is 0. The summed E-state index contributed by atoms with van der Waals surface area (Å²) in [4.78, 5) is 19.3. The van der Waals surface area contributed by atoms with E-state index in [4.69, 9.17) is 0 Å². The van der Waals surface area contributed by atoms with Gasteiger partial charge < -0.3 is 19.8 Å². The molecule has 0 saturated carbocycles. The molecule has 26 heavy (non-hydrogen) atoms. The van der Waals surface area contributed by atoms with Crippen LogP contribution in [-0.4, -0.2) is 55.2 Å². The summed E-state index contributed by atoms with van der Waals surface area (Å²) in [6.45, 7) is 8.98. The lowest BCUT2D eigenvalue weighted by atomic mass is 10.2. The molecule has 0 unspecified atom stereocenters. The van der Waals surface area contributed by atoms with Crippen molar-refractivity contribution in [3.8, 4) is 5.75 Å². The second-order valence-corrected chi connectivity index (χ2v) is 7.58. The van der Waals surface area contributed by atoms with Crippen LogP contribution in [0.3, 0.4) is 0 Å². The zero-order valence-electron chi connectivity index (χ0n) is 14.9. The Morgan fingerprint density at radius 2 is 2.04 bits per heavy atom. The zero-order valence-corrected chi connectivity index (χ0v) is 15.8. The molecule has 3 rings (SSSR count). The minimum Gasteiger partial charge on any atom is -0.506 e. The summed E-state index contributed by atoms with van der Waals surface area (Å²) in [5, 5.41) is 12.0. The van der Waals surface area contributed by atoms with Crippen molar-refractivity contribution in [3.63, 3.8) is 0 Å². The monoisotopic (exact) mass is 372 g/mol. The normalized spacial score (nSPS) is 15.0. The lowest BCUT2D eigenvalue weighted by molar-refractivity contribution is -0.892. The van der Waals surface area contributed by atoms with Crippen molar-refractivity contribution >= 4 is 22.9 Å². The average Bonchev–Trinajstić information content (AvgIpc) is 3.16. The summed E-state index contributed by atoms with van der Waals surface area (Å²) >= 11 is 1.67. The molecular weight excluding hydrogens is 346 g/mol. The van der Waals surface area contributed by atoms with Crippen LogP contribution in [0.25, 0.3) is 0 Å². The molecule has 1 amide bonds. The molecule has 2 N–H and O–H groups in total. The number of thiophene rings is 1. The van der Waals surface area contributed by atoms with Crippen LogP contribution in [-0.2, 0) is 11.3 Å². The van der Waals surface area contributed by atoms with Gasteiger partial charge in [-0.2, -0.15) is 0 Å². The van der Waals surface area contributed by atoms with E-state index in [1.807, 2.05) is 34.5 Å². The van der Waals surface area contributed by atoms with Gasteiger partial charge in [0, 0.05) is 11.4 Å². The Kier molecular flexibility index (Phi) is 6.30. The van der Waals surface area contributed by atoms with Crippen molar-refractivity contribution < 1.29 is 14.8 Å². The number of hydrogen-bond donors (Lipinski definition) is 2. The lowest BCUT2D eigenvalue weighted by Crippen LogP contribution is -3.15. The molecule has 0 bridgehead atoms. The molecule has 0 atom stereocenters. The predicted octanol–water partition coefficient (Wildman–Crippen LogP) is 1.37. The third-order valence-corrected chi connectivity index (χ3v) is 5.58. The van der Waals surface area contributed by atoms with E-state index in [2.05, 4.69) is 17.5 Å². The number of nitrogens with zero attached hydrogens (tertiary/aromatic N) is 2. The molecule has 5 nitrogen and oxygen atoms in total. The first kappa shape index (κ1) is 18.5. The van der Waals surface area contributed by atoms with Gasteiger partial charge in [-0.3, -0.25) is 4.79 Å². The Labute approximate surface area is 158 Å². The summed E-state index contributed by atoms with van der Waals surface area (Å²) < 4.78 is 0. The van der Waals surface area contributed by atoms with E-state index < -0.39 is 0 Å². The Morgan fingerprint density at radius 3 is 2.69 bits per heavy atom. The fraction of sp³-hybridized carbons (Fsp3) is 0.350. The van der Waals surface area contributed by atoms with Crippen LogP contribution in [0.4, 0.5) is 5.69 Å². The molecule has 2 aromatic rings. The molecule has 1 aromatic carbocycles.